The van der Waals surface area contributed by atoms with Crippen LogP contribution in [0.5, 0.6) is 5.75 Å². The maximum absolute atomic E-state index is 10.6. The molecule has 0 N–H and O–H groups in total. The summed E-state index contributed by atoms with van der Waals surface area (Å²) in [5, 5.41) is 1.47. The molecular weight excluding hydrogens is 252 g/mol. The second-order valence-electron chi connectivity index (χ2n) is 4.39. The zero-order valence-corrected chi connectivity index (χ0v) is 11.4. The number of ether oxygens (including phenoxy) is 1. The lowest BCUT2D eigenvalue weighted by Crippen LogP contribution is -1.97. The lowest BCUT2D eigenvalue weighted by atomic mass is 9.96. The Morgan fingerprint density at radius 1 is 1.50 bits per heavy atom. The first-order chi connectivity index (χ1) is 8.58. The maximum Gasteiger partial charge on any atom is 0.177 e. The van der Waals surface area contributed by atoms with Crippen LogP contribution in [0, 0.1) is 6.92 Å². The minimum Gasteiger partial charge on any atom is -0.493 e. The molecule has 2 rings (SSSR count). The van der Waals surface area contributed by atoms with Crippen LogP contribution in [-0.4, -0.2) is 13.4 Å². The third kappa shape index (κ3) is 2.10. The summed E-state index contributed by atoms with van der Waals surface area (Å²) in [6, 6.07) is 3.74. The van der Waals surface area contributed by atoms with Gasteiger partial charge in [-0.2, -0.15) is 0 Å². The predicted molar refractivity (Wildman–Crippen MR) is 71.6 cm³/mol. The summed E-state index contributed by atoms with van der Waals surface area (Å²) in [5.41, 5.74) is 1.57. The Morgan fingerprint density at radius 3 is 2.83 bits per heavy atom. The molecule has 4 heteroatoms. The second-order valence-corrected chi connectivity index (χ2v) is 4.76. The standard InChI is InChI=1S/C14H15ClO3/c1-8(4-5-16)10-7-12(17-3)14-11(13(10)15)6-9(2)18-14/h5-8H,4H2,1-3H3. The highest BCUT2D eigenvalue weighted by molar-refractivity contribution is 6.36. The van der Waals surface area contributed by atoms with Gasteiger partial charge < -0.3 is 13.9 Å². The van der Waals surface area contributed by atoms with Crippen LogP contribution in [-0.2, 0) is 4.79 Å². The Hall–Kier alpha value is -1.48. The Bertz CT molecular complexity index is 586. The van der Waals surface area contributed by atoms with Crippen LogP contribution < -0.4 is 4.74 Å². The average molecular weight is 267 g/mol. The first-order valence-corrected chi connectivity index (χ1v) is 6.16. The van der Waals surface area contributed by atoms with Crippen molar-refractivity contribution in [3.05, 3.63) is 28.5 Å². The van der Waals surface area contributed by atoms with Crippen LogP contribution in [0.15, 0.2) is 16.5 Å². The molecule has 0 aliphatic heterocycles. The van der Waals surface area contributed by atoms with E-state index in [0.717, 1.165) is 23.0 Å². The number of carbonyl (C=O) groups is 1. The van der Waals surface area contributed by atoms with Gasteiger partial charge in [-0.15, -0.1) is 0 Å². The molecule has 18 heavy (non-hydrogen) atoms. The van der Waals surface area contributed by atoms with Crippen molar-refractivity contribution in [3.63, 3.8) is 0 Å². The first-order valence-electron chi connectivity index (χ1n) is 5.78. The van der Waals surface area contributed by atoms with Gasteiger partial charge in [0.15, 0.2) is 11.3 Å². The summed E-state index contributed by atoms with van der Waals surface area (Å²) >= 11 is 6.38. The molecule has 0 bridgehead atoms. The number of carbonyl (C=O) groups excluding carboxylic acids is 1. The molecule has 3 nitrogen and oxygen atoms in total. The van der Waals surface area contributed by atoms with E-state index in [2.05, 4.69) is 0 Å². The molecule has 0 saturated carbocycles. The van der Waals surface area contributed by atoms with Crippen molar-refractivity contribution in [2.75, 3.05) is 7.11 Å². The van der Waals surface area contributed by atoms with Gasteiger partial charge in [-0.3, -0.25) is 0 Å². The van der Waals surface area contributed by atoms with Crippen LogP contribution in [0.2, 0.25) is 5.02 Å². The van der Waals surface area contributed by atoms with Gasteiger partial charge in [0.1, 0.15) is 12.0 Å². The summed E-state index contributed by atoms with van der Waals surface area (Å²) in [7, 11) is 1.59. The molecule has 2 aromatic rings. The van der Waals surface area contributed by atoms with Gasteiger partial charge in [0.2, 0.25) is 0 Å². The number of halogens is 1. The van der Waals surface area contributed by atoms with Gasteiger partial charge in [0, 0.05) is 11.8 Å². The lowest BCUT2D eigenvalue weighted by Gasteiger charge is -2.13. The molecule has 0 spiro atoms. The Labute approximate surface area is 111 Å². The van der Waals surface area contributed by atoms with Crippen molar-refractivity contribution in [3.8, 4) is 5.75 Å². The molecule has 0 aliphatic rings. The van der Waals surface area contributed by atoms with Gasteiger partial charge in [0.05, 0.1) is 12.1 Å². The van der Waals surface area contributed by atoms with Gasteiger partial charge in [-0.05, 0) is 30.5 Å². The Balaban J connectivity index is 2.67. The largest absolute Gasteiger partial charge is 0.493 e. The van der Waals surface area contributed by atoms with Crippen molar-refractivity contribution < 1.29 is 13.9 Å². The normalized spacial score (nSPS) is 12.7. The zero-order chi connectivity index (χ0) is 13.3. The highest BCUT2D eigenvalue weighted by Crippen LogP contribution is 2.40. The number of aldehydes is 1. The third-order valence-corrected chi connectivity index (χ3v) is 3.48. The van der Waals surface area contributed by atoms with E-state index < -0.39 is 0 Å². The fourth-order valence-corrected chi connectivity index (χ4v) is 2.45. The van der Waals surface area contributed by atoms with Gasteiger partial charge in [-0.1, -0.05) is 18.5 Å². The number of hydrogen-bond acceptors (Lipinski definition) is 3. The summed E-state index contributed by atoms with van der Waals surface area (Å²) in [5.74, 6) is 1.49. The summed E-state index contributed by atoms with van der Waals surface area (Å²) in [4.78, 5) is 10.6. The summed E-state index contributed by atoms with van der Waals surface area (Å²) < 4.78 is 10.9. The zero-order valence-electron chi connectivity index (χ0n) is 10.6. The molecule has 1 atom stereocenters. The molecule has 1 aromatic heterocycles. The molecule has 0 saturated heterocycles. The number of aryl methyl sites for hydroxylation is 1. The molecule has 96 valence electrons. The van der Waals surface area contributed by atoms with Crippen LogP contribution in [0.3, 0.4) is 0 Å². The lowest BCUT2D eigenvalue weighted by molar-refractivity contribution is -0.108. The van der Waals surface area contributed by atoms with Crippen LogP contribution in [0.1, 0.15) is 30.6 Å². The summed E-state index contributed by atoms with van der Waals surface area (Å²) in [6.45, 7) is 3.83. The molecule has 1 heterocycles. The first kappa shape index (κ1) is 13.0. The van der Waals surface area contributed by atoms with E-state index in [1.54, 1.807) is 7.11 Å². The van der Waals surface area contributed by atoms with Crippen molar-refractivity contribution in [2.24, 2.45) is 0 Å². The van der Waals surface area contributed by atoms with Crippen molar-refractivity contribution >= 4 is 28.9 Å². The van der Waals surface area contributed by atoms with Crippen LogP contribution in [0.4, 0.5) is 0 Å². The topological polar surface area (TPSA) is 39.4 Å². The number of rotatable bonds is 4. The number of furan rings is 1. The van der Waals surface area contributed by atoms with E-state index in [1.165, 1.54) is 0 Å². The third-order valence-electron chi connectivity index (χ3n) is 3.06. The smallest absolute Gasteiger partial charge is 0.177 e. The van der Waals surface area contributed by atoms with E-state index in [9.17, 15) is 4.79 Å². The van der Waals surface area contributed by atoms with Crippen LogP contribution >= 0.6 is 11.6 Å². The fourth-order valence-electron chi connectivity index (χ4n) is 2.07. The molecule has 0 aliphatic carbocycles. The highest BCUT2D eigenvalue weighted by atomic mass is 35.5. The Morgan fingerprint density at radius 2 is 2.22 bits per heavy atom. The second kappa shape index (κ2) is 5.02. The van der Waals surface area contributed by atoms with Crippen molar-refractivity contribution in [2.45, 2.75) is 26.2 Å². The minimum absolute atomic E-state index is 0.0588. The van der Waals surface area contributed by atoms with Crippen LogP contribution in [0.25, 0.3) is 11.0 Å². The quantitative estimate of drug-likeness (QED) is 0.782. The SMILES string of the molecule is COc1cc(C(C)CC=O)c(Cl)c2cc(C)oc12. The van der Waals surface area contributed by atoms with E-state index in [-0.39, 0.29) is 5.92 Å². The maximum atomic E-state index is 10.6. The van der Waals surface area contributed by atoms with Gasteiger partial charge in [-0.25, -0.2) is 0 Å². The number of fused-ring (bicyclic) bond motifs is 1. The average Bonchev–Trinajstić information content (AvgIpc) is 2.72. The van der Waals surface area contributed by atoms with E-state index in [0.29, 0.717) is 22.8 Å². The van der Waals surface area contributed by atoms with E-state index >= 15 is 0 Å². The highest BCUT2D eigenvalue weighted by Gasteiger charge is 2.18. The minimum atomic E-state index is 0.0588. The molecule has 1 aromatic carbocycles. The Kier molecular flexibility index (Phi) is 3.62. The van der Waals surface area contributed by atoms with E-state index in [1.807, 2.05) is 26.0 Å². The number of methoxy groups -OCH3 is 1. The van der Waals surface area contributed by atoms with Crippen molar-refractivity contribution in [1.82, 2.24) is 0 Å². The summed E-state index contributed by atoms with van der Waals surface area (Å²) in [6.07, 6.45) is 1.34. The fraction of sp³-hybridized carbons (Fsp3) is 0.357. The molecule has 0 radical (unpaired) electrons. The monoisotopic (exact) mass is 266 g/mol. The molecule has 0 amide bonds. The van der Waals surface area contributed by atoms with Gasteiger partial charge >= 0.3 is 0 Å². The van der Waals surface area contributed by atoms with Gasteiger partial charge in [0.25, 0.3) is 0 Å². The predicted octanol–water partition coefficient (Wildman–Crippen LogP) is 4.10. The molecule has 1 unspecified atom stereocenters. The van der Waals surface area contributed by atoms with Crippen molar-refractivity contribution in [1.29, 1.82) is 0 Å². The number of benzene rings is 1. The number of hydrogen-bond donors (Lipinski definition) is 0. The van der Waals surface area contributed by atoms with E-state index in [4.69, 9.17) is 20.8 Å². The molecule has 0 fully saturated rings. The molecular formula is C14H15ClO3.